The Hall–Kier alpha value is -0.930. The fourth-order valence-electron chi connectivity index (χ4n) is 2.08. The predicted molar refractivity (Wildman–Crippen MR) is 78.1 cm³/mol. The van der Waals surface area contributed by atoms with Crippen molar-refractivity contribution in [2.45, 2.75) is 39.7 Å². The van der Waals surface area contributed by atoms with E-state index < -0.39 is 0 Å². The van der Waals surface area contributed by atoms with Gasteiger partial charge in [-0.3, -0.25) is 0 Å². The highest BCUT2D eigenvalue weighted by Gasteiger charge is 2.28. The molecule has 2 N–H and O–H groups in total. The van der Waals surface area contributed by atoms with Crippen molar-refractivity contribution < 1.29 is 9.47 Å². The van der Waals surface area contributed by atoms with Crippen molar-refractivity contribution in [3.8, 4) is 11.5 Å². The minimum atomic E-state index is -0.123. The smallest absolute Gasteiger partial charge is 0.162 e. The first-order valence-corrected chi connectivity index (χ1v) is 7.18. The number of nitrogens with two attached hydrogens (primary N) is 1. The van der Waals surface area contributed by atoms with E-state index in [0.29, 0.717) is 24.0 Å². The molecule has 0 saturated heterocycles. The standard InChI is InChI=1S/C15H22ClNO2/c1-4-15(2,3)14(17)10-8-12-13(9-11(10)16)19-7-5-6-18-12/h8-9,14H,4-7,17H2,1-3H3. The van der Waals surface area contributed by atoms with E-state index in [1.807, 2.05) is 12.1 Å². The van der Waals surface area contributed by atoms with Crippen LogP contribution in [0, 0.1) is 5.41 Å². The number of halogens is 1. The second-order valence-corrected chi connectivity index (χ2v) is 6.10. The Balaban J connectivity index is 2.39. The van der Waals surface area contributed by atoms with Crippen molar-refractivity contribution in [3.05, 3.63) is 22.7 Å². The van der Waals surface area contributed by atoms with E-state index >= 15 is 0 Å². The molecule has 3 nitrogen and oxygen atoms in total. The lowest BCUT2D eigenvalue weighted by Gasteiger charge is -2.31. The zero-order chi connectivity index (χ0) is 14.0. The Morgan fingerprint density at radius 3 is 2.42 bits per heavy atom. The first-order chi connectivity index (χ1) is 8.95. The molecule has 0 spiro atoms. The normalized spacial score (nSPS) is 16.9. The van der Waals surface area contributed by atoms with Crippen LogP contribution in [0.2, 0.25) is 5.02 Å². The number of hydrogen-bond acceptors (Lipinski definition) is 3. The van der Waals surface area contributed by atoms with E-state index in [2.05, 4.69) is 20.8 Å². The van der Waals surface area contributed by atoms with E-state index in [-0.39, 0.29) is 11.5 Å². The molecule has 0 radical (unpaired) electrons. The van der Waals surface area contributed by atoms with E-state index in [1.165, 1.54) is 0 Å². The van der Waals surface area contributed by atoms with Crippen LogP contribution in [0.15, 0.2) is 12.1 Å². The number of benzene rings is 1. The zero-order valence-corrected chi connectivity index (χ0v) is 12.6. The van der Waals surface area contributed by atoms with Crippen molar-refractivity contribution in [2.75, 3.05) is 13.2 Å². The number of rotatable bonds is 3. The first-order valence-electron chi connectivity index (χ1n) is 6.80. The summed E-state index contributed by atoms with van der Waals surface area (Å²) in [4.78, 5) is 0. The minimum Gasteiger partial charge on any atom is -0.490 e. The fourth-order valence-corrected chi connectivity index (χ4v) is 2.35. The third kappa shape index (κ3) is 2.98. The summed E-state index contributed by atoms with van der Waals surface area (Å²) in [6.07, 6.45) is 1.87. The van der Waals surface area contributed by atoms with Gasteiger partial charge in [-0.25, -0.2) is 0 Å². The molecule has 0 fully saturated rings. The molecule has 0 aliphatic carbocycles. The van der Waals surface area contributed by atoms with Crippen LogP contribution in [0.5, 0.6) is 11.5 Å². The molecule has 1 aromatic rings. The number of hydrogen-bond donors (Lipinski definition) is 1. The molecule has 1 aliphatic heterocycles. The number of fused-ring (bicyclic) bond motifs is 1. The lowest BCUT2D eigenvalue weighted by molar-refractivity contribution is 0.276. The summed E-state index contributed by atoms with van der Waals surface area (Å²) in [5.41, 5.74) is 7.29. The predicted octanol–water partition coefficient (Wildman–Crippen LogP) is 3.94. The molecule has 1 aromatic carbocycles. The Labute approximate surface area is 120 Å². The molecule has 1 unspecified atom stereocenters. The summed E-state index contributed by atoms with van der Waals surface area (Å²) < 4.78 is 11.3. The maximum absolute atomic E-state index is 6.38. The van der Waals surface area contributed by atoms with Crippen LogP contribution in [0.3, 0.4) is 0 Å². The maximum Gasteiger partial charge on any atom is 0.162 e. The summed E-state index contributed by atoms with van der Waals surface area (Å²) in [5, 5.41) is 0.651. The largest absolute Gasteiger partial charge is 0.490 e. The SMILES string of the molecule is CCC(C)(C)C(N)c1cc2c(cc1Cl)OCCCO2. The Morgan fingerprint density at radius 1 is 1.26 bits per heavy atom. The molecule has 19 heavy (non-hydrogen) atoms. The van der Waals surface area contributed by atoms with Crippen LogP contribution in [-0.2, 0) is 0 Å². The lowest BCUT2D eigenvalue weighted by atomic mass is 9.79. The summed E-state index contributed by atoms with van der Waals surface area (Å²) in [5.74, 6) is 1.46. The van der Waals surface area contributed by atoms with Crippen molar-refractivity contribution in [1.29, 1.82) is 0 Å². The van der Waals surface area contributed by atoms with Crippen LogP contribution < -0.4 is 15.2 Å². The van der Waals surface area contributed by atoms with Gasteiger partial charge in [0.15, 0.2) is 11.5 Å². The van der Waals surface area contributed by atoms with Gasteiger partial charge in [-0.15, -0.1) is 0 Å². The molecule has 0 aromatic heterocycles. The molecule has 1 heterocycles. The van der Waals surface area contributed by atoms with Gasteiger partial charge >= 0.3 is 0 Å². The Morgan fingerprint density at radius 2 is 1.84 bits per heavy atom. The second kappa shape index (κ2) is 5.59. The fraction of sp³-hybridized carbons (Fsp3) is 0.600. The van der Waals surface area contributed by atoms with Gasteiger partial charge in [-0.2, -0.15) is 0 Å². The van der Waals surface area contributed by atoms with Gasteiger partial charge in [0.25, 0.3) is 0 Å². The van der Waals surface area contributed by atoms with Gasteiger partial charge in [0.05, 0.1) is 13.2 Å². The van der Waals surface area contributed by atoms with E-state index in [4.69, 9.17) is 26.8 Å². The summed E-state index contributed by atoms with van der Waals surface area (Å²) in [7, 11) is 0. The van der Waals surface area contributed by atoms with Crippen molar-refractivity contribution in [1.82, 2.24) is 0 Å². The van der Waals surface area contributed by atoms with Crippen LogP contribution >= 0.6 is 11.6 Å². The molecular weight excluding hydrogens is 262 g/mol. The van der Waals surface area contributed by atoms with Gasteiger partial charge in [-0.1, -0.05) is 32.4 Å². The van der Waals surface area contributed by atoms with Gasteiger partial charge < -0.3 is 15.2 Å². The minimum absolute atomic E-state index is 0.0105. The average Bonchev–Trinajstić information content (AvgIpc) is 2.61. The summed E-state index contributed by atoms with van der Waals surface area (Å²) >= 11 is 6.36. The molecule has 1 aliphatic rings. The first kappa shape index (κ1) is 14.5. The lowest BCUT2D eigenvalue weighted by Crippen LogP contribution is -2.28. The molecule has 106 valence electrons. The van der Waals surface area contributed by atoms with E-state index in [0.717, 1.165) is 24.2 Å². The van der Waals surface area contributed by atoms with Crippen molar-refractivity contribution in [2.24, 2.45) is 11.1 Å². The summed E-state index contributed by atoms with van der Waals surface area (Å²) in [6.45, 7) is 7.76. The average molecular weight is 284 g/mol. The molecule has 2 rings (SSSR count). The molecule has 0 amide bonds. The van der Waals surface area contributed by atoms with Crippen molar-refractivity contribution >= 4 is 11.6 Å². The highest BCUT2D eigenvalue weighted by Crippen LogP contribution is 2.42. The zero-order valence-electron chi connectivity index (χ0n) is 11.8. The van der Waals surface area contributed by atoms with Gasteiger partial charge in [0.2, 0.25) is 0 Å². The van der Waals surface area contributed by atoms with E-state index in [1.54, 1.807) is 0 Å². The number of ether oxygens (including phenoxy) is 2. The molecule has 0 saturated carbocycles. The Kier molecular flexibility index (Phi) is 4.26. The third-order valence-electron chi connectivity index (χ3n) is 3.96. The molecule has 0 bridgehead atoms. The van der Waals surface area contributed by atoms with Crippen LogP contribution in [0.4, 0.5) is 0 Å². The van der Waals surface area contributed by atoms with Gasteiger partial charge in [0.1, 0.15) is 0 Å². The van der Waals surface area contributed by atoms with Crippen molar-refractivity contribution in [3.63, 3.8) is 0 Å². The monoisotopic (exact) mass is 283 g/mol. The highest BCUT2D eigenvalue weighted by molar-refractivity contribution is 6.31. The molecular formula is C15H22ClNO2. The van der Waals surface area contributed by atoms with Crippen LogP contribution in [0.1, 0.15) is 45.2 Å². The maximum atomic E-state index is 6.38. The van der Waals surface area contributed by atoms with E-state index in [9.17, 15) is 0 Å². The molecule has 1 atom stereocenters. The summed E-state index contributed by atoms with van der Waals surface area (Å²) in [6, 6.07) is 3.64. The van der Waals surface area contributed by atoms with Gasteiger partial charge in [0, 0.05) is 23.6 Å². The Bertz CT molecular complexity index is 460. The van der Waals surface area contributed by atoms with Crippen LogP contribution in [-0.4, -0.2) is 13.2 Å². The van der Waals surface area contributed by atoms with Gasteiger partial charge in [-0.05, 0) is 23.5 Å². The third-order valence-corrected chi connectivity index (χ3v) is 4.28. The quantitative estimate of drug-likeness (QED) is 0.914. The topological polar surface area (TPSA) is 44.5 Å². The highest BCUT2D eigenvalue weighted by atomic mass is 35.5. The molecule has 4 heteroatoms. The second-order valence-electron chi connectivity index (χ2n) is 5.69. The van der Waals surface area contributed by atoms with Crippen LogP contribution in [0.25, 0.3) is 0 Å².